The Bertz CT molecular complexity index is 1280. The van der Waals surface area contributed by atoms with Gasteiger partial charge in [0.25, 0.3) is 0 Å². The second-order valence-electron chi connectivity index (χ2n) is 7.86. The molecule has 6 rings (SSSR count). The maximum Gasteiger partial charge on any atom is 0.402 e. The van der Waals surface area contributed by atoms with Crippen LogP contribution in [0.15, 0.2) is 48.5 Å². The van der Waals surface area contributed by atoms with Gasteiger partial charge < -0.3 is 18.8 Å². The van der Waals surface area contributed by atoms with Crippen LogP contribution < -0.4 is 19.7 Å². The largest absolute Gasteiger partial charge is 0.425 e. The van der Waals surface area contributed by atoms with Crippen molar-refractivity contribution in [2.24, 2.45) is 7.05 Å². The molecule has 3 heterocycles. The smallest absolute Gasteiger partial charge is 0.402 e. The van der Waals surface area contributed by atoms with Crippen LogP contribution in [0.3, 0.4) is 0 Å². The molecule has 145 valence electrons. The second-order valence-corrected chi connectivity index (χ2v) is 7.86. The molecule has 4 nitrogen and oxygen atoms in total. The summed E-state index contributed by atoms with van der Waals surface area (Å²) in [4.78, 5) is 4.89. The molecule has 0 fully saturated rings. The molecule has 0 unspecified atom stereocenters. The normalized spacial score (nSPS) is 13.7. The van der Waals surface area contributed by atoms with Crippen LogP contribution in [0, 0.1) is 26.2 Å². The molecule has 6 heteroatoms. The third-order valence-electron chi connectivity index (χ3n) is 6.27. The predicted molar refractivity (Wildman–Crippen MR) is 114 cm³/mol. The average molecular weight is 555 g/mol. The number of para-hydroxylation sites is 1. The number of benzene rings is 3. The fourth-order valence-corrected chi connectivity index (χ4v) is 5.03. The van der Waals surface area contributed by atoms with Gasteiger partial charge in [-0.3, -0.25) is 0 Å². The van der Waals surface area contributed by atoms with Crippen LogP contribution in [0.2, 0.25) is 0 Å². The molecule has 1 radical (unpaired) electrons. The summed E-state index contributed by atoms with van der Waals surface area (Å²) < 4.78 is 4.24. The molecule has 0 bridgehead atoms. The third-order valence-corrected chi connectivity index (χ3v) is 6.27. The van der Waals surface area contributed by atoms with E-state index in [0.717, 1.165) is 5.69 Å². The molecule has 2 aliphatic rings. The van der Waals surface area contributed by atoms with Gasteiger partial charge in [0.05, 0.1) is 18.1 Å². The molecule has 0 amide bonds. The van der Waals surface area contributed by atoms with Crippen molar-refractivity contribution >= 4 is 40.5 Å². The molecule has 4 aromatic rings. The van der Waals surface area contributed by atoms with E-state index in [1.807, 2.05) is 6.07 Å². The van der Waals surface area contributed by atoms with E-state index in [9.17, 15) is 0 Å². The first-order valence-electron chi connectivity index (χ1n) is 9.64. The summed E-state index contributed by atoms with van der Waals surface area (Å²) in [7, 11) is 4.26. The number of aromatic nitrogens is 2. The van der Waals surface area contributed by atoms with Gasteiger partial charge in [-0.15, -0.1) is 6.07 Å². The molecule has 2 aliphatic heterocycles. The minimum Gasteiger partial charge on any atom is -0.425 e. The van der Waals surface area contributed by atoms with Gasteiger partial charge in [-0.25, -0.2) is 0 Å². The number of rotatable bonds is 1. The van der Waals surface area contributed by atoms with E-state index in [1.165, 1.54) is 44.7 Å². The van der Waals surface area contributed by atoms with E-state index in [2.05, 4.69) is 102 Å². The summed E-state index contributed by atoms with van der Waals surface area (Å²) in [6, 6.07) is 20.8. The monoisotopic (exact) mass is 556 g/mol. The van der Waals surface area contributed by atoms with Crippen LogP contribution in [0.5, 0.6) is 0 Å². The van der Waals surface area contributed by atoms with E-state index in [-0.39, 0.29) is 27.1 Å². The minimum absolute atomic E-state index is 0. The van der Waals surface area contributed by atoms with E-state index in [0.29, 0.717) is 0 Å². The number of aryl methyl sites for hydroxylation is 3. The van der Waals surface area contributed by atoms with Gasteiger partial charge >= 0.3 is 6.98 Å². The van der Waals surface area contributed by atoms with Crippen molar-refractivity contribution in [2.45, 2.75) is 13.8 Å². The first kappa shape index (κ1) is 18.5. The Labute approximate surface area is 184 Å². The molecule has 0 saturated carbocycles. The van der Waals surface area contributed by atoms with Crippen molar-refractivity contribution in [1.82, 2.24) is 4.57 Å². The second kappa shape index (κ2) is 6.22. The summed E-state index contributed by atoms with van der Waals surface area (Å²) in [5, 5.41) is 0. The Kier molecular flexibility index (Phi) is 3.96. The molecule has 0 aliphatic carbocycles. The summed E-state index contributed by atoms with van der Waals surface area (Å²) in [6.45, 7) is 4.55. The van der Waals surface area contributed by atoms with Crippen molar-refractivity contribution < 1.29 is 24.7 Å². The summed E-state index contributed by atoms with van der Waals surface area (Å²) in [6.07, 6.45) is 3.48. The summed E-state index contributed by atoms with van der Waals surface area (Å²) in [5.41, 5.74) is 11.1. The Morgan fingerprint density at radius 2 is 1.69 bits per heavy atom. The topological polar surface area (TPSA) is 15.3 Å². The molecular weight excluding hydrogens is 535 g/mol. The Morgan fingerprint density at radius 3 is 2.45 bits per heavy atom. The number of nitrogens with zero attached hydrogens (tertiary/aromatic N) is 4. The minimum atomic E-state index is 0. The number of hydrogen-bond acceptors (Lipinski definition) is 2. The van der Waals surface area contributed by atoms with Crippen LogP contribution in [-0.4, -0.2) is 18.6 Å². The molecule has 0 spiro atoms. The van der Waals surface area contributed by atoms with Gasteiger partial charge in [-0.2, -0.15) is 12.1 Å². The van der Waals surface area contributed by atoms with Gasteiger partial charge in [0, 0.05) is 25.8 Å². The van der Waals surface area contributed by atoms with Gasteiger partial charge in [-0.1, -0.05) is 52.8 Å². The SMILES string of the molecule is Cc1cccc(C)c1B1N(C)c2cc[c-]c3c2N1c1cccc2c1n-3[c-][n+]2C.[Ir]. The van der Waals surface area contributed by atoms with Crippen molar-refractivity contribution in [1.29, 1.82) is 0 Å². The quantitative estimate of drug-likeness (QED) is 0.204. The standard InChI is InChI=1S/C23H20BN4.Ir/c1-15-8-5-9-16(2)21(15)24-26(4)18-11-7-12-19-23(18)28(24)20-13-6-10-17-22(20)27(19)14-25(17)3;/h5-11,13H,1-4H3;/q-1;. The fourth-order valence-electron chi connectivity index (χ4n) is 5.03. The predicted octanol–water partition coefficient (Wildman–Crippen LogP) is 2.97. The van der Waals surface area contributed by atoms with Gasteiger partial charge in [-0.05, 0) is 38.1 Å². The summed E-state index contributed by atoms with van der Waals surface area (Å²) in [5.74, 6) is 0. The van der Waals surface area contributed by atoms with E-state index in [4.69, 9.17) is 0 Å². The molecule has 29 heavy (non-hydrogen) atoms. The zero-order valence-corrected chi connectivity index (χ0v) is 19.2. The Balaban J connectivity index is 0.00000181. The van der Waals surface area contributed by atoms with Crippen LogP contribution in [-0.2, 0) is 27.2 Å². The van der Waals surface area contributed by atoms with Gasteiger partial charge in [0.15, 0.2) is 0 Å². The first-order valence-corrected chi connectivity index (χ1v) is 9.64. The average Bonchev–Trinajstić information content (AvgIpc) is 3.18. The Hall–Kier alpha value is -2.56. The zero-order chi connectivity index (χ0) is 19.2. The van der Waals surface area contributed by atoms with E-state index < -0.39 is 0 Å². The molecule has 3 aromatic carbocycles. The van der Waals surface area contributed by atoms with Crippen molar-refractivity contribution in [3.63, 3.8) is 0 Å². The zero-order valence-electron chi connectivity index (χ0n) is 16.8. The number of anilines is 3. The van der Waals surface area contributed by atoms with Gasteiger partial charge in [0.1, 0.15) is 0 Å². The number of fused-ring (bicyclic) bond motifs is 2. The van der Waals surface area contributed by atoms with Crippen LogP contribution in [0.4, 0.5) is 17.1 Å². The van der Waals surface area contributed by atoms with Gasteiger partial charge in [0.2, 0.25) is 6.33 Å². The molecule has 0 saturated heterocycles. The molecule has 0 atom stereocenters. The van der Waals surface area contributed by atoms with Crippen LogP contribution in [0.1, 0.15) is 11.1 Å². The maximum absolute atomic E-state index is 3.49. The van der Waals surface area contributed by atoms with Crippen molar-refractivity contribution in [3.05, 3.63) is 72.1 Å². The first-order chi connectivity index (χ1) is 13.6. The van der Waals surface area contributed by atoms with Crippen LogP contribution >= 0.6 is 0 Å². The van der Waals surface area contributed by atoms with E-state index in [1.54, 1.807) is 0 Å². The summed E-state index contributed by atoms with van der Waals surface area (Å²) >= 11 is 0. The van der Waals surface area contributed by atoms with Crippen molar-refractivity contribution in [2.75, 3.05) is 16.7 Å². The fraction of sp³-hybridized carbons (Fsp3) is 0.174. The third kappa shape index (κ3) is 2.22. The Morgan fingerprint density at radius 1 is 0.966 bits per heavy atom. The maximum atomic E-state index is 3.49. The van der Waals surface area contributed by atoms with E-state index >= 15 is 0 Å². The number of hydrogen-bond donors (Lipinski definition) is 0. The number of imidazole rings is 1. The molecular formula is C23H20BIrN4-. The molecule has 0 N–H and O–H groups in total. The van der Waals surface area contributed by atoms with Crippen LogP contribution in [0.25, 0.3) is 16.7 Å². The molecule has 1 aromatic heterocycles. The van der Waals surface area contributed by atoms with Crippen molar-refractivity contribution in [3.8, 4) is 5.69 Å².